The maximum Gasteiger partial charge on any atom is 0.277 e. The fourth-order valence-corrected chi connectivity index (χ4v) is 2.92. The fraction of sp³-hybridized carbons (Fsp3) is 0.125. The van der Waals surface area contributed by atoms with Crippen LogP contribution in [-0.4, -0.2) is 25.8 Å². The summed E-state index contributed by atoms with van der Waals surface area (Å²) >= 11 is 12.5. The molecule has 0 aliphatic carbocycles. The van der Waals surface area contributed by atoms with E-state index in [1.807, 2.05) is 12.1 Å². The van der Waals surface area contributed by atoms with Crippen LogP contribution in [0.2, 0.25) is 5.02 Å². The van der Waals surface area contributed by atoms with Crippen molar-refractivity contribution in [3.8, 4) is 11.5 Å². The topological polar surface area (TPSA) is 59.9 Å². The van der Waals surface area contributed by atoms with Crippen LogP contribution in [0.4, 0.5) is 0 Å². The van der Waals surface area contributed by atoms with E-state index in [4.69, 9.17) is 21.1 Å². The fourth-order valence-electron chi connectivity index (χ4n) is 1.75. The number of carbonyl (C=O) groups excluding carboxylic acids is 1. The van der Waals surface area contributed by atoms with Crippen LogP contribution in [0.25, 0.3) is 0 Å². The number of amides is 1. The summed E-state index contributed by atoms with van der Waals surface area (Å²) < 4.78 is 12.2. The number of hydrogen-bond acceptors (Lipinski definition) is 4. The molecule has 126 valence electrons. The van der Waals surface area contributed by atoms with E-state index < -0.39 is 0 Å². The number of nitrogens with zero attached hydrogens (tertiary/aromatic N) is 1. The zero-order chi connectivity index (χ0) is 17.5. The van der Waals surface area contributed by atoms with Gasteiger partial charge in [0.15, 0.2) is 6.61 Å². The van der Waals surface area contributed by atoms with Crippen LogP contribution in [0.1, 0.15) is 5.56 Å². The molecule has 0 spiro atoms. The van der Waals surface area contributed by atoms with Crippen molar-refractivity contribution in [2.45, 2.75) is 0 Å². The van der Waals surface area contributed by atoms with Gasteiger partial charge >= 0.3 is 0 Å². The van der Waals surface area contributed by atoms with Gasteiger partial charge in [-0.3, -0.25) is 4.79 Å². The van der Waals surface area contributed by atoms with Crippen molar-refractivity contribution in [2.75, 3.05) is 13.7 Å². The van der Waals surface area contributed by atoms with Crippen LogP contribution in [0, 0.1) is 0 Å². The minimum Gasteiger partial charge on any atom is -0.496 e. The van der Waals surface area contributed by atoms with Gasteiger partial charge < -0.3 is 9.47 Å². The molecule has 2 rings (SSSR count). The van der Waals surface area contributed by atoms with Gasteiger partial charge in [-0.05, 0) is 52.3 Å². The summed E-state index contributed by atoms with van der Waals surface area (Å²) in [5, 5.41) is 4.48. The molecule has 2 aromatic rings. The molecular formula is C16H13Br2ClN2O3. The van der Waals surface area contributed by atoms with E-state index in [0.717, 1.165) is 10.0 Å². The standard InChI is InChI=1S/C16H13Br2ClN2O3/c1-23-14-4-2-11(17)6-10(14)8-20-21-16(22)9-24-15-5-3-12(19)7-13(15)18/h2-8H,9H2,1H3,(H,21,22)/b20-8+. The maximum atomic E-state index is 11.8. The average Bonchev–Trinajstić information content (AvgIpc) is 2.54. The predicted octanol–water partition coefficient (Wildman–Crippen LogP) is 4.40. The first-order valence-electron chi connectivity index (χ1n) is 6.73. The van der Waals surface area contributed by atoms with Gasteiger partial charge in [-0.15, -0.1) is 0 Å². The van der Waals surface area contributed by atoms with Gasteiger partial charge in [0.25, 0.3) is 5.91 Å². The molecule has 0 atom stereocenters. The molecule has 1 amide bonds. The van der Waals surface area contributed by atoms with E-state index in [1.165, 1.54) is 6.21 Å². The Bertz CT molecular complexity index is 769. The normalized spacial score (nSPS) is 10.7. The lowest BCUT2D eigenvalue weighted by atomic mass is 10.2. The Kier molecular flexibility index (Phi) is 7.08. The van der Waals surface area contributed by atoms with Crippen molar-refractivity contribution in [3.05, 3.63) is 55.9 Å². The third-order valence-corrected chi connectivity index (χ3v) is 4.19. The molecule has 0 saturated heterocycles. The number of ether oxygens (including phenoxy) is 2. The Morgan fingerprint density at radius 2 is 2.00 bits per heavy atom. The lowest BCUT2D eigenvalue weighted by Crippen LogP contribution is -2.24. The predicted molar refractivity (Wildman–Crippen MR) is 101 cm³/mol. The third kappa shape index (κ3) is 5.51. The molecule has 0 saturated carbocycles. The average molecular weight is 477 g/mol. The second-order valence-electron chi connectivity index (χ2n) is 4.54. The van der Waals surface area contributed by atoms with Gasteiger partial charge in [-0.2, -0.15) is 5.10 Å². The summed E-state index contributed by atoms with van der Waals surface area (Å²) in [4.78, 5) is 11.8. The van der Waals surface area contributed by atoms with Gasteiger partial charge in [-0.1, -0.05) is 27.5 Å². The van der Waals surface area contributed by atoms with Crippen LogP contribution < -0.4 is 14.9 Å². The molecule has 0 heterocycles. The summed E-state index contributed by atoms with van der Waals surface area (Å²) in [5.41, 5.74) is 3.13. The summed E-state index contributed by atoms with van der Waals surface area (Å²) in [6, 6.07) is 10.5. The van der Waals surface area contributed by atoms with E-state index >= 15 is 0 Å². The largest absolute Gasteiger partial charge is 0.496 e. The molecule has 0 aliphatic rings. The van der Waals surface area contributed by atoms with Crippen LogP contribution in [0.5, 0.6) is 11.5 Å². The molecule has 0 aliphatic heterocycles. The van der Waals surface area contributed by atoms with Crippen molar-refractivity contribution >= 4 is 55.6 Å². The van der Waals surface area contributed by atoms with Crippen molar-refractivity contribution < 1.29 is 14.3 Å². The Morgan fingerprint density at radius 1 is 1.25 bits per heavy atom. The Balaban J connectivity index is 1.90. The number of carbonyl (C=O) groups is 1. The quantitative estimate of drug-likeness (QED) is 0.497. The molecule has 8 heteroatoms. The number of methoxy groups -OCH3 is 1. The van der Waals surface area contributed by atoms with E-state index in [1.54, 1.807) is 31.4 Å². The van der Waals surface area contributed by atoms with E-state index in [9.17, 15) is 4.79 Å². The van der Waals surface area contributed by atoms with Crippen molar-refractivity contribution in [3.63, 3.8) is 0 Å². The number of benzene rings is 2. The van der Waals surface area contributed by atoms with Gasteiger partial charge in [0, 0.05) is 15.1 Å². The van der Waals surface area contributed by atoms with Crippen molar-refractivity contribution in [1.82, 2.24) is 5.43 Å². The highest BCUT2D eigenvalue weighted by molar-refractivity contribution is 9.10. The van der Waals surface area contributed by atoms with E-state index in [-0.39, 0.29) is 12.5 Å². The maximum absolute atomic E-state index is 11.8. The van der Waals surface area contributed by atoms with Gasteiger partial charge in [0.2, 0.25) is 0 Å². The Labute approximate surface area is 161 Å². The minimum absolute atomic E-state index is 0.173. The molecule has 1 N–H and O–H groups in total. The van der Waals surface area contributed by atoms with Crippen molar-refractivity contribution in [1.29, 1.82) is 0 Å². The van der Waals surface area contributed by atoms with Crippen LogP contribution in [0.15, 0.2) is 50.4 Å². The van der Waals surface area contributed by atoms with Gasteiger partial charge in [0.05, 0.1) is 17.8 Å². The first-order chi connectivity index (χ1) is 11.5. The molecule has 0 bridgehead atoms. The highest BCUT2D eigenvalue weighted by Crippen LogP contribution is 2.27. The molecule has 5 nitrogen and oxygen atoms in total. The second-order valence-corrected chi connectivity index (χ2v) is 6.75. The molecule has 0 fully saturated rings. The third-order valence-electron chi connectivity index (χ3n) is 2.84. The number of hydrogen-bond donors (Lipinski definition) is 1. The number of nitrogens with one attached hydrogen (secondary N) is 1. The van der Waals surface area contributed by atoms with Crippen molar-refractivity contribution in [2.24, 2.45) is 5.10 Å². The van der Waals surface area contributed by atoms with Gasteiger partial charge in [-0.25, -0.2) is 5.43 Å². The molecule has 0 aromatic heterocycles. The molecule has 2 aromatic carbocycles. The second kappa shape index (κ2) is 9.05. The Morgan fingerprint density at radius 3 is 2.71 bits per heavy atom. The number of rotatable bonds is 6. The highest BCUT2D eigenvalue weighted by atomic mass is 79.9. The lowest BCUT2D eigenvalue weighted by molar-refractivity contribution is -0.123. The van der Waals surface area contributed by atoms with E-state index in [2.05, 4.69) is 42.4 Å². The smallest absolute Gasteiger partial charge is 0.277 e. The SMILES string of the molecule is COc1ccc(Br)cc1/C=N/NC(=O)COc1ccc(Cl)cc1Br. The molecular weight excluding hydrogens is 463 g/mol. The summed E-state index contributed by atoms with van der Waals surface area (Å²) in [6.07, 6.45) is 1.50. The lowest BCUT2D eigenvalue weighted by Gasteiger charge is -2.07. The zero-order valence-electron chi connectivity index (χ0n) is 12.6. The van der Waals surface area contributed by atoms with E-state index in [0.29, 0.717) is 21.0 Å². The highest BCUT2D eigenvalue weighted by Gasteiger charge is 2.06. The van der Waals surface area contributed by atoms with Crippen LogP contribution in [0.3, 0.4) is 0 Å². The first kappa shape index (κ1) is 18.8. The molecule has 0 unspecified atom stereocenters. The molecule has 0 radical (unpaired) electrons. The van der Waals surface area contributed by atoms with Crippen LogP contribution >= 0.6 is 43.5 Å². The minimum atomic E-state index is -0.387. The monoisotopic (exact) mass is 474 g/mol. The summed E-state index contributed by atoms with van der Waals surface area (Å²) in [5.74, 6) is 0.784. The summed E-state index contributed by atoms with van der Waals surface area (Å²) in [6.45, 7) is -0.173. The number of halogens is 3. The number of hydrazone groups is 1. The Hall–Kier alpha value is -1.57. The van der Waals surface area contributed by atoms with Crippen LogP contribution in [-0.2, 0) is 4.79 Å². The first-order valence-corrected chi connectivity index (χ1v) is 8.69. The molecule has 24 heavy (non-hydrogen) atoms. The van der Waals surface area contributed by atoms with Gasteiger partial charge in [0.1, 0.15) is 11.5 Å². The zero-order valence-corrected chi connectivity index (χ0v) is 16.5. The summed E-state index contributed by atoms with van der Waals surface area (Å²) in [7, 11) is 1.57.